The molecule has 2 fully saturated rings. The third kappa shape index (κ3) is 6.82. The summed E-state index contributed by atoms with van der Waals surface area (Å²) < 4.78 is 26.7. The van der Waals surface area contributed by atoms with Crippen molar-refractivity contribution in [2.45, 2.75) is 67.3 Å². The largest absolute Gasteiger partial charge is 0.325 e. The molecule has 5 rings (SSSR count). The van der Waals surface area contributed by atoms with Gasteiger partial charge in [-0.15, -0.1) is 0 Å². The molecule has 2 aliphatic heterocycles. The first-order valence-corrected chi connectivity index (χ1v) is 14.4. The molecule has 2 N–H and O–H groups in total. The van der Waals surface area contributed by atoms with Crippen LogP contribution in [0.2, 0.25) is 0 Å². The smallest absolute Gasteiger partial charge is 0.241 e. The number of amides is 1. The first-order valence-electron chi connectivity index (χ1n) is 13.5. The Balaban J connectivity index is 1.13. The lowest BCUT2D eigenvalue weighted by molar-refractivity contribution is -0.118. The predicted octanol–water partition coefficient (Wildman–Crippen LogP) is 6.88. The van der Waals surface area contributed by atoms with E-state index in [1.54, 1.807) is 6.07 Å². The molecule has 7 heteroatoms. The Morgan fingerprint density at radius 2 is 1.71 bits per heavy atom. The van der Waals surface area contributed by atoms with Crippen LogP contribution in [-0.4, -0.2) is 36.5 Å². The highest BCUT2D eigenvalue weighted by Crippen LogP contribution is 2.33. The molecule has 2 aliphatic rings. The molecule has 200 valence electrons. The molecule has 4 nitrogen and oxygen atoms in total. The molecule has 1 atom stereocenters. The molecule has 0 spiro atoms. The highest BCUT2D eigenvalue weighted by molar-refractivity contribution is 7.99. The predicted molar refractivity (Wildman–Crippen MR) is 150 cm³/mol. The van der Waals surface area contributed by atoms with Crippen LogP contribution in [0.5, 0.6) is 0 Å². The van der Waals surface area contributed by atoms with E-state index in [2.05, 4.69) is 46.7 Å². The summed E-state index contributed by atoms with van der Waals surface area (Å²) in [5.74, 6) is -1.08. The van der Waals surface area contributed by atoms with Crippen LogP contribution < -0.4 is 10.6 Å². The number of nitrogens with zero attached hydrogens (tertiary/aromatic N) is 1. The van der Waals surface area contributed by atoms with E-state index in [1.807, 2.05) is 18.2 Å². The van der Waals surface area contributed by atoms with Gasteiger partial charge in [0, 0.05) is 22.0 Å². The number of rotatable bonds is 7. The Kier molecular flexibility index (Phi) is 8.77. The van der Waals surface area contributed by atoms with E-state index in [0.29, 0.717) is 10.8 Å². The number of hydrogen-bond acceptors (Lipinski definition) is 4. The molecule has 38 heavy (non-hydrogen) atoms. The average Bonchev–Trinajstić information content (AvgIpc) is 2.94. The maximum absolute atomic E-state index is 13.5. The van der Waals surface area contributed by atoms with Gasteiger partial charge in [0.25, 0.3) is 0 Å². The van der Waals surface area contributed by atoms with Crippen molar-refractivity contribution in [1.29, 1.82) is 0 Å². The summed E-state index contributed by atoms with van der Waals surface area (Å²) in [4.78, 5) is 16.9. The fourth-order valence-electron chi connectivity index (χ4n) is 5.46. The standard InChI is InChI=1S/C31H35F2N3OS/c1-21-5-8-24(35-31(37)30-4-2-3-15-34-30)18-27(21)23-13-16-36(17-14-23)20-22-6-9-25(10-7-22)38-26-11-12-28(32)29(33)19-26/h5-12,18-19,23,30,34H,2-4,13-17,20H2,1H3,(H,35,37)/t30-/m0/s1. The van der Waals surface area contributed by atoms with Gasteiger partial charge >= 0.3 is 0 Å². The Morgan fingerprint density at radius 3 is 2.42 bits per heavy atom. The minimum atomic E-state index is -0.824. The molecule has 0 bridgehead atoms. The summed E-state index contributed by atoms with van der Waals surface area (Å²) in [6.45, 7) is 6.02. The monoisotopic (exact) mass is 535 g/mol. The molecule has 0 unspecified atom stereocenters. The van der Waals surface area contributed by atoms with E-state index in [4.69, 9.17) is 0 Å². The number of carbonyl (C=O) groups excluding carboxylic acids is 1. The van der Waals surface area contributed by atoms with Gasteiger partial charge < -0.3 is 10.6 Å². The zero-order chi connectivity index (χ0) is 26.5. The maximum atomic E-state index is 13.5. The van der Waals surface area contributed by atoms with E-state index >= 15 is 0 Å². The van der Waals surface area contributed by atoms with E-state index in [9.17, 15) is 13.6 Å². The Bertz CT molecular complexity index is 1250. The van der Waals surface area contributed by atoms with Gasteiger partial charge in [-0.3, -0.25) is 9.69 Å². The van der Waals surface area contributed by atoms with Gasteiger partial charge in [0.2, 0.25) is 5.91 Å². The number of carbonyl (C=O) groups is 1. The molecule has 1 amide bonds. The van der Waals surface area contributed by atoms with Gasteiger partial charge in [0.1, 0.15) is 0 Å². The number of aryl methyl sites for hydroxylation is 1. The summed E-state index contributed by atoms with van der Waals surface area (Å²) in [7, 11) is 0. The Hall–Kier alpha value is -2.74. The van der Waals surface area contributed by atoms with Gasteiger partial charge in [-0.25, -0.2) is 8.78 Å². The molecular weight excluding hydrogens is 500 g/mol. The molecule has 0 aliphatic carbocycles. The SMILES string of the molecule is Cc1ccc(NC(=O)[C@@H]2CCCCN2)cc1C1CCN(Cc2ccc(Sc3ccc(F)c(F)c3)cc2)CC1. The molecule has 3 aromatic rings. The van der Waals surface area contributed by atoms with Crippen LogP contribution in [0.25, 0.3) is 0 Å². The van der Waals surface area contributed by atoms with Crippen LogP contribution in [0.15, 0.2) is 70.5 Å². The normalized spacial score (nSPS) is 18.9. The number of benzene rings is 3. The summed E-state index contributed by atoms with van der Waals surface area (Å²) in [5.41, 5.74) is 4.77. The molecule has 3 aromatic carbocycles. The first kappa shape index (κ1) is 26.9. The van der Waals surface area contributed by atoms with E-state index < -0.39 is 11.6 Å². The highest BCUT2D eigenvalue weighted by atomic mass is 32.2. The van der Waals surface area contributed by atoms with Crippen LogP contribution in [0.4, 0.5) is 14.5 Å². The number of anilines is 1. The van der Waals surface area contributed by atoms with Gasteiger partial charge in [0.15, 0.2) is 11.6 Å². The van der Waals surface area contributed by atoms with Crippen LogP contribution in [0, 0.1) is 18.6 Å². The quantitative estimate of drug-likeness (QED) is 0.346. The molecule has 0 saturated carbocycles. The van der Waals surface area contributed by atoms with E-state index in [0.717, 1.165) is 68.9 Å². The van der Waals surface area contributed by atoms with Crippen molar-refractivity contribution in [3.05, 3.63) is 89.0 Å². The summed E-state index contributed by atoms with van der Waals surface area (Å²) in [6, 6.07) is 18.6. The van der Waals surface area contributed by atoms with Gasteiger partial charge in [0.05, 0.1) is 6.04 Å². The highest BCUT2D eigenvalue weighted by Gasteiger charge is 2.24. The second-order valence-corrected chi connectivity index (χ2v) is 11.6. The van der Waals surface area contributed by atoms with Gasteiger partial charge in [-0.05, 0) is 117 Å². The maximum Gasteiger partial charge on any atom is 0.241 e. The zero-order valence-corrected chi connectivity index (χ0v) is 22.6. The number of piperidine rings is 2. The van der Waals surface area contributed by atoms with Crippen LogP contribution in [-0.2, 0) is 11.3 Å². The van der Waals surface area contributed by atoms with Crippen LogP contribution >= 0.6 is 11.8 Å². The topological polar surface area (TPSA) is 44.4 Å². The number of likely N-dealkylation sites (tertiary alicyclic amines) is 1. The number of halogens is 2. The molecule has 2 heterocycles. The fraction of sp³-hybridized carbons (Fsp3) is 0.387. The second kappa shape index (κ2) is 12.4. The summed E-state index contributed by atoms with van der Waals surface area (Å²) in [5, 5.41) is 6.46. The summed E-state index contributed by atoms with van der Waals surface area (Å²) >= 11 is 1.43. The van der Waals surface area contributed by atoms with Crippen LogP contribution in [0.3, 0.4) is 0 Å². The minimum absolute atomic E-state index is 0.0728. The minimum Gasteiger partial charge on any atom is -0.325 e. The van der Waals surface area contributed by atoms with Crippen molar-refractivity contribution < 1.29 is 13.6 Å². The Morgan fingerprint density at radius 1 is 0.947 bits per heavy atom. The fourth-order valence-corrected chi connectivity index (χ4v) is 6.31. The number of nitrogens with one attached hydrogen (secondary N) is 2. The van der Waals surface area contributed by atoms with Gasteiger partial charge in [-0.1, -0.05) is 36.4 Å². The van der Waals surface area contributed by atoms with Gasteiger partial charge in [-0.2, -0.15) is 0 Å². The Labute approximate surface area is 228 Å². The third-order valence-corrected chi connectivity index (χ3v) is 8.65. The molecule has 2 saturated heterocycles. The molecule has 0 radical (unpaired) electrons. The number of hydrogen-bond donors (Lipinski definition) is 2. The molecule has 0 aromatic heterocycles. The molecular formula is C31H35F2N3OS. The lowest BCUT2D eigenvalue weighted by Crippen LogP contribution is -2.43. The van der Waals surface area contributed by atoms with Crippen molar-refractivity contribution in [2.24, 2.45) is 0 Å². The van der Waals surface area contributed by atoms with Crippen molar-refractivity contribution in [1.82, 2.24) is 10.2 Å². The lowest BCUT2D eigenvalue weighted by atomic mass is 9.86. The van der Waals surface area contributed by atoms with Crippen molar-refractivity contribution in [3.63, 3.8) is 0 Å². The van der Waals surface area contributed by atoms with Crippen molar-refractivity contribution in [2.75, 3.05) is 25.0 Å². The third-order valence-electron chi connectivity index (χ3n) is 7.66. The van der Waals surface area contributed by atoms with Crippen LogP contribution in [0.1, 0.15) is 54.7 Å². The van der Waals surface area contributed by atoms with Crippen molar-refractivity contribution in [3.8, 4) is 0 Å². The summed E-state index contributed by atoms with van der Waals surface area (Å²) in [6.07, 6.45) is 5.32. The second-order valence-electron chi connectivity index (χ2n) is 10.4. The van der Waals surface area contributed by atoms with Crippen molar-refractivity contribution >= 4 is 23.4 Å². The average molecular weight is 536 g/mol. The lowest BCUT2D eigenvalue weighted by Gasteiger charge is -2.33. The zero-order valence-electron chi connectivity index (χ0n) is 21.8. The van der Waals surface area contributed by atoms with E-state index in [-0.39, 0.29) is 11.9 Å². The first-order chi connectivity index (χ1) is 18.4. The van der Waals surface area contributed by atoms with E-state index in [1.165, 1.54) is 40.6 Å².